The van der Waals surface area contributed by atoms with Gasteiger partial charge in [-0.3, -0.25) is 9.78 Å². The predicted octanol–water partition coefficient (Wildman–Crippen LogP) is 1.81. The third kappa shape index (κ3) is 2.69. The molecule has 0 spiro atoms. The molecular formula is C19H17N3O5. The molecule has 2 aliphatic heterocycles. The molecule has 8 heteroatoms. The number of H-pyrrole nitrogens is 1. The van der Waals surface area contributed by atoms with E-state index in [1.807, 2.05) is 23.1 Å². The molecule has 0 bridgehead atoms. The summed E-state index contributed by atoms with van der Waals surface area (Å²) in [6.07, 6.45) is 0. The van der Waals surface area contributed by atoms with Crippen molar-refractivity contribution in [2.75, 3.05) is 37.9 Å². The Morgan fingerprint density at radius 2 is 1.81 bits per heavy atom. The third-order valence-electron chi connectivity index (χ3n) is 4.95. The number of ether oxygens (including phenoxy) is 2. The number of fused-ring (bicyclic) bond motifs is 2. The van der Waals surface area contributed by atoms with Crippen LogP contribution >= 0.6 is 0 Å². The van der Waals surface area contributed by atoms with Crippen LogP contribution in [0.15, 0.2) is 45.6 Å². The summed E-state index contributed by atoms with van der Waals surface area (Å²) in [4.78, 5) is 30.9. The zero-order valence-electron chi connectivity index (χ0n) is 14.4. The molecule has 5 rings (SSSR count). The lowest BCUT2D eigenvalue weighted by Gasteiger charge is -2.36. The third-order valence-corrected chi connectivity index (χ3v) is 4.95. The highest BCUT2D eigenvalue weighted by Gasteiger charge is 2.25. The van der Waals surface area contributed by atoms with Crippen LogP contribution in [-0.2, 0) is 0 Å². The minimum atomic E-state index is -0.464. The van der Waals surface area contributed by atoms with E-state index in [-0.39, 0.29) is 12.7 Å². The topological polar surface area (TPSA) is 88.0 Å². The summed E-state index contributed by atoms with van der Waals surface area (Å²) in [6.45, 7) is 2.66. The van der Waals surface area contributed by atoms with E-state index in [2.05, 4.69) is 9.88 Å². The minimum Gasteiger partial charge on any atom is -0.454 e. The maximum Gasteiger partial charge on any atom is 0.417 e. The fraction of sp³-hybridized carbons (Fsp3) is 0.263. The summed E-state index contributed by atoms with van der Waals surface area (Å²) in [5.74, 6) is 0.777. The van der Waals surface area contributed by atoms with Crippen LogP contribution in [0.3, 0.4) is 0 Å². The van der Waals surface area contributed by atoms with E-state index in [1.165, 1.54) is 0 Å². The van der Waals surface area contributed by atoms with Crippen molar-refractivity contribution in [1.29, 1.82) is 0 Å². The van der Waals surface area contributed by atoms with Crippen molar-refractivity contribution >= 4 is 22.7 Å². The van der Waals surface area contributed by atoms with Gasteiger partial charge in [0.15, 0.2) is 17.1 Å². The molecule has 1 amide bonds. The lowest BCUT2D eigenvalue weighted by molar-refractivity contribution is 0.0746. The van der Waals surface area contributed by atoms with Gasteiger partial charge in [-0.15, -0.1) is 0 Å². The first-order valence-electron chi connectivity index (χ1n) is 8.75. The number of rotatable bonds is 2. The number of nitrogens with one attached hydrogen (secondary N) is 1. The van der Waals surface area contributed by atoms with Crippen LogP contribution in [0.2, 0.25) is 0 Å². The normalized spacial score (nSPS) is 16.1. The van der Waals surface area contributed by atoms with Crippen LogP contribution in [0.5, 0.6) is 11.5 Å². The van der Waals surface area contributed by atoms with Crippen molar-refractivity contribution in [3.8, 4) is 11.5 Å². The number of hydrogen-bond donors (Lipinski definition) is 1. The van der Waals surface area contributed by atoms with Gasteiger partial charge in [0, 0.05) is 31.7 Å². The largest absolute Gasteiger partial charge is 0.454 e. The van der Waals surface area contributed by atoms with Gasteiger partial charge in [-0.05, 0) is 30.3 Å². The monoisotopic (exact) mass is 367 g/mol. The Kier molecular flexibility index (Phi) is 3.56. The second-order valence-electron chi connectivity index (χ2n) is 6.52. The molecule has 8 nitrogen and oxygen atoms in total. The van der Waals surface area contributed by atoms with Gasteiger partial charge in [0.2, 0.25) is 6.79 Å². The quantitative estimate of drug-likeness (QED) is 0.743. The van der Waals surface area contributed by atoms with Gasteiger partial charge in [0.25, 0.3) is 5.91 Å². The van der Waals surface area contributed by atoms with E-state index in [4.69, 9.17) is 13.9 Å². The molecule has 2 aromatic carbocycles. The van der Waals surface area contributed by atoms with Crippen molar-refractivity contribution in [3.63, 3.8) is 0 Å². The lowest BCUT2D eigenvalue weighted by Crippen LogP contribution is -2.48. The van der Waals surface area contributed by atoms with Gasteiger partial charge >= 0.3 is 5.76 Å². The number of piperazine rings is 1. The van der Waals surface area contributed by atoms with Crippen LogP contribution in [-0.4, -0.2) is 48.8 Å². The highest BCUT2D eigenvalue weighted by atomic mass is 16.7. The SMILES string of the molecule is O=C(c1ccc2c(c1)OCO2)N1CCN(c2cccc3[nH]c(=O)oc23)CC1. The smallest absolute Gasteiger partial charge is 0.417 e. The van der Waals surface area contributed by atoms with E-state index >= 15 is 0 Å². The lowest BCUT2D eigenvalue weighted by atomic mass is 10.1. The van der Waals surface area contributed by atoms with Crippen molar-refractivity contribution in [1.82, 2.24) is 9.88 Å². The van der Waals surface area contributed by atoms with Gasteiger partial charge < -0.3 is 23.7 Å². The second-order valence-corrected chi connectivity index (χ2v) is 6.52. The number of carbonyl (C=O) groups excluding carboxylic acids is 1. The Morgan fingerprint density at radius 3 is 2.67 bits per heavy atom. The molecule has 0 atom stereocenters. The number of nitrogens with zero attached hydrogens (tertiary/aromatic N) is 2. The molecule has 0 radical (unpaired) electrons. The predicted molar refractivity (Wildman–Crippen MR) is 97.5 cm³/mol. The summed E-state index contributed by atoms with van der Waals surface area (Å²) >= 11 is 0. The first-order chi connectivity index (χ1) is 13.2. The summed E-state index contributed by atoms with van der Waals surface area (Å²) in [5, 5.41) is 0. The Bertz CT molecular complexity index is 1080. The number of para-hydroxylation sites is 1. The summed E-state index contributed by atoms with van der Waals surface area (Å²) in [5.41, 5.74) is 2.68. The highest BCUT2D eigenvalue weighted by Crippen LogP contribution is 2.33. The molecule has 2 aliphatic rings. The van der Waals surface area contributed by atoms with E-state index in [0.717, 1.165) is 5.69 Å². The zero-order valence-corrected chi connectivity index (χ0v) is 14.4. The maximum atomic E-state index is 12.8. The van der Waals surface area contributed by atoms with Crippen LogP contribution in [0.25, 0.3) is 11.1 Å². The van der Waals surface area contributed by atoms with Crippen molar-refractivity contribution in [2.24, 2.45) is 0 Å². The number of amides is 1. The Morgan fingerprint density at radius 1 is 1.00 bits per heavy atom. The number of hydrogen-bond acceptors (Lipinski definition) is 6. The van der Waals surface area contributed by atoms with Crippen molar-refractivity contribution in [2.45, 2.75) is 0 Å². The molecule has 1 aromatic heterocycles. The highest BCUT2D eigenvalue weighted by molar-refractivity contribution is 5.95. The Hall–Kier alpha value is -3.42. The van der Waals surface area contributed by atoms with Crippen molar-refractivity contribution in [3.05, 3.63) is 52.5 Å². The standard InChI is InChI=1S/C19H17N3O5/c23-18(12-4-5-15-16(10-12)26-11-25-15)22-8-6-21(7-9-22)14-3-1-2-13-17(14)27-19(24)20-13/h1-5,10H,6-9,11H2,(H,20,24). The van der Waals surface area contributed by atoms with E-state index < -0.39 is 5.76 Å². The first kappa shape index (κ1) is 15.8. The number of carbonyl (C=O) groups is 1. The number of oxazole rings is 1. The molecule has 0 saturated carbocycles. The molecular weight excluding hydrogens is 350 g/mol. The van der Waals surface area contributed by atoms with Gasteiger partial charge in [-0.25, -0.2) is 4.79 Å². The molecule has 1 N–H and O–H groups in total. The summed E-state index contributed by atoms with van der Waals surface area (Å²) in [7, 11) is 0. The number of aromatic nitrogens is 1. The molecule has 1 fully saturated rings. The number of aromatic amines is 1. The van der Waals surface area contributed by atoms with Crippen LogP contribution in [0.1, 0.15) is 10.4 Å². The summed E-state index contributed by atoms with van der Waals surface area (Å²) in [6, 6.07) is 10.9. The number of benzene rings is 2. The molecule has 3 heterocycles. The van der Waals surface area contributed by atoms with Crippen LogP contribution < -0.4 is 20.1 Å². The van der Waals surface area contributed by atoms with Gasteiger partial charge in [0.05, 0.1) is 11.2 Å². The summed E-state index contributed by atoms with van der Waals surface area (Å²) < 4.78 is 15.9. The maximum absolute atomic E-state index is 12.8. The fourth-order valence-electron chi connectivity index (χ4n) is 3.57. The van der Waals surface area contributed by atoms with Gasteiger partial charge in [-0.1, -0.05) is 6.07 Å². The fourth-order valence-corrected chi connectivity index (χ4v) is 3.57. The molecule has 0 aliphatic carbocycles. The molecule has 0 unspecified atom stereocenters. The second kappa shape index (κ2) is 6.08. The molecule has 138 valence electrons. The average molecular weight is 367 g/mol. The van der Waals surface area contributed by atoms with Gasteiger partial charge in [-0.2, -0.15) is 0 Å². The Balaban J connectivity index is 1.32. The number of anilines is 1. The van der Waals surface area contributed by atoms with E-state index in [1.54, 1.807) is 18.2 Å². The average Bonchev–Trinajstić information content (AvgIpc) is 3.31. The van der Waals surface area contributed by atoms with E-state index in [9.17, 15) is 9.59 Å². The van der Waals surface area contributed by atoms with Gasteiger partial charge in [0.1, 0.15) is 0 Å². The molecule has 1 saturated heterocycles. The van der Waals surface area contributed by atoms with Crippen LogP contribution in [0.4, 0.5) is 5.69 Å². The minimum absolute atomic E-state index is 0.0284. The van der Waals surface area contributed by atoms with E-state index in [0.29, 0.717) is 54.3 Å². The Labute approximate surface area is 153 Å². The first-order valence-corrected chi connectivity index (χ1v) is 8.75. The molecule has 27 heavy (non-hydrogen) atoms. The molecule has 3 aromatic rings. The zero-order chi connectivity index (χ0) is 18.4. The van der Waals surface area contributed by atoms with Crippen molar-refractivity contribution < 1.29 is 18.7 Å². The van der Waals surface area contributed by atoms with Crippen LogP contribution in [0, 0.1) is 0 Å².